The van der Waals surface area contributed by atoms with Crippen LogP contribution in [0.1, 0.15) is 10.4 Å². The first kappa shape index (κ1) is 15.9. The minimum atomic E-state index is -0.982. The molecule has 0 atom stereocenters. The number of carbonyl (C=O) groups excluding carboxylic acids is 2. The van der Waals surface area contributed by atoms with Crippen molar-refractivity contribution in [2.45, 2.75) is 0 Å². The molecule has 0 heterocycles. The summed E-state index contributed by atoms with van der Waals surface area (Å²) in [7, 11) is 0. The second-order valence-corrected chi connectivity index (χ2v) is 4.66. The van der Waals surface area contributed by atoms with Crippen molar-refractivity contribution in [3.63, 3.8) is 0 Å². The highest BCUT2D eigenvalue weighted by Crippen LogP contribution is 2.18. The minimum absolute atomic E-state index is 0.101. The third-order valence-corrected chi connectivity index (χ3v) is 2.87. The fourth-order valence-corrected chi connectivity index (χ4v) is 1.77. The largest absolute Gasteiger partial charge is 0.452 e. The number of anilines is 1. The fraction of sp³-hybridized carbons (Fsp3) is 0.0667. The predicted octanol–water partition coefficient (Wildman–Crippen LogP) is 3.41. The molecule has 2 aromatic carbocycles. The maximum Gasteiger partial charge on any atom is 0.341 e. The first-order valence-corrected chi connectivity index (χ1v) is 6.51. The van der Waals surface area contributed by atoms with Gasteiger partial charge in [-0.3, -0.25) is 4.79 Å². The van der Waals surface area contributed by atoms with E-state index < -0.39 is 30.1 Å². The van der Waals surface area contributed by atoms with E-state index >= 15 is 0 Å². The summed E-state index contributed by atoms with van der Waals surface area (Å²) in [5.41, 5.74) is -0.385. The highest BCUT2D eigenvalue weighted by Gasteiger charge is 2.15. The third kappa shape index (κ3) is 4.02. The van der Waals surface area contributed by atoms with Gasteiger partial charge in [-0.15, -0.1) is 0 Å². The molecule has 1 amide bonds. The van der Waals surface area contributed by atoms with Gasteiger partial charge in [0.15, 0.2) is 6.61 Å². The Morgan fingerprint density at radius 3 is 2.50 bits per heavy atom. The van der Waals surface area contributed by atoms with Crippen LogP contribution in [0, 0.1) is 11.6 Å². The van der Waals surface area contributed by atoms with Gasteiger partial charge in [0.1, 0.15) is 11.6 Å². The van der Waals surface area contributed by atoms with Crippen LogP contribution in [-0.4, -0.2) is 18.5 Å². The van der Waals surface area contributed by atoms with Crippen LogP contribution in [0.3, 0.4) is 0 Å². The molecule has 4 nitrogen and oxygen atoms in total. The van der Waals surface area contributed by atoms with Gasteiger partial charge in [0.25, 0.3) is 5.91 Å². The van der Waals surface area contributed by atoms with Crippen LogP contribution >= 0.6 is 11.6 Å². The standard InChI is InChI=1S/C15H10ClF2NO3/c16-9-5-6-13(12(18)7-9)19-14(20)8-22-15(21)10-3-1-2-4-11(10)17/h1-7H,8H2,(H,19,20). The Morgan fingerprint density at radius 1 is 1.09 bits per heavy atom. The molecular formula is C15H10ClF2NO3. The van der Waals surface area contributed by atoms with E-state index in [-0.39, 0.29) is 16.3 Å². The molecular weight excluding hydrogens is 316 g/mol. The first-order valence-electron chi connectivity index (χ1n) is 6.14. The summed E-state index contributed by atoms with van der Waals surface area (Å²) in [6.07, 6.45) is 0. The number of hydrogen-bond acceptors (Lipinski definition) is 3. The van der Waals surface area contributed by atoms with E-state index in [1.54, 1.807) is 0 Å². The highest BCUT2D eigenvalue weighted by molar-refractivity contribution is 6.30. The van der Waals surface area contributed by atoms with Crippen molar-refractivity contribution < 1.29 is 23.1 Å². The van der Waals surface area contributed by atoms with Crippen molar-refractivity contribution in [3.8, 4) is 0 Å². The number of amides is 1. The molecule has 0 fully saturated rings. The summed E-state index contributed by atoms with van der Waals surface area (Å²) in [6, 6.07) is 8.90. The Hall–Kier alpha value is -2.47. The molecule has 0 aliphatic heterocycles. The van der Waals surface area contributed by atoms with Crippen molar-refractivity contribution >= 4 is 29.2 Å². The Labute approximate surface area is 129 Å². The van der Waals surface area contributed by atoms with Crippen molar-refractivity contribution in [3.05, 3.63) is 64.7 Å². The van der Waals surface area contributed by atoms with Gasteiger partial charge in [0.2, 0.25) is 0 Å². The zero-order valence-corrected chi connectivity index (χ0v) is 11.9. The summed E-state index contributed by atoms with van der Waals surface area (Å²) in [4.78, 5) is 23.2. The monoisotopic (exact) mass is 325 g/mol. The molecule has 1 N–H and O–H groups in total. The van der Waals surface area contributed by atoms with Gasteiger partial charge in [-0.05, 0) is 30.3 Å². The minimum Gasteiger partial charge on any atom is -0.452 e. The summed E-state index contributed by atoms with van der Waals surface area (Å²) in [5.74, 6) is -3.21. The molecule has 22 heavy (non-hydrogen) atoms. The molecule has 0 spiro atoms. The molecule has 0 aromatic heterocycles. The van der Waals surface area contributed by atoms with E-state index in [1.165, 1.54) is 30.3 Å². The van der Waals surface area contributed by atoms with E-state index in [9.17, 15) is 18.4 Å². The Morgan fingerprint density at radius 2 is 1.82 bits per heavy atom. The topological polar surface area (TPSA) is 55.4 Å². The molecule has 7 heteroatoms. The van der Waals surface area contributed by atoms with E-state index in [0.29, 0.717) is 0 Å². The molecule has 2 aromatic rings. The highest BCUT2D eigenvalue weighted by atomic mass is 35.5. The van der Waals surface area contributed by atoms with E-state index in [4.69, 9.17) is 11.6 Å². The molecule has 0 saturated carbocycles. The Bertz CT molecular complexity index is 722. The number of nitrogens with one attached hydrogen (secondary N) is 1. The van der Waals surface area contributed by atoms with Crippen molar-refractivity contribution in [1.82, 2.24) is 0 Å². The van der Waals surface area contributed by atoms with Gasteiger partial charge in [0.05, 0.1) is 11.3 Å². The summed E-state index contributed by atoms with van der Waals surface area (Å²) in [5, 5.41) is 2.40. The van der Waals surface area contributed by atoms with Crippen LogP contribution in [-0.2, 0) is 9.53 Å². The van der Waals surface area contributed by atoms with Crippen LogP contribution in [0.15, 0.2) is 42.5 Å². The SMILES string of the molecule is O=C(COC(=O)c1ccccc1F)Nc1ccc(Cl)cc1F. The molecule has 0 unspecified atom stereocenters. The van der Waals surface area contributed by atoms with Gasteiger partial charge in [0, 0.05) is 5.02 Å². The van der Waals surface area contributed by atoms with Gasteiger partial charge in [-0.2, -0.15) is 0 Å². The first-order chi connectivity index (χ1) is 10.5. The lowest BCUT2D eigenvalue weighted by Crippen LogP contribution is -2.21. The van der Waals surface area contributed by atoms with E-state index in [2.05, 4.69) is 10.1 Å². The van der Waals surface area contributed by atoms with E-state index in [0.717, 1.165) is 12.1 Å². The second-order valence-electron chi connectivity index (χ2n) is 4.23. The average Bonchev–Trinajstić information content (AvgIpc) is 2.48. The van der Waals surface area contributed by atoms with Crippen LogP contribution in [0.25, 0.3) is 0 Å². The van der Waals surface area contributed by atoms with Gasteiger partial charge < -0.3 is 10.1 Å². The molecule has 2 rings (SSSR count). The maximum absolute atomic E-state index is 13.5. The molecule has 0 aliphatic rings. The molecule has 0 aliphatic carbocycles. The number of halogens is 3. The molecule has 0 saturated heterocycles. The van der Waals surface area contributed by atoms with Crippen molar-refractivity contribution in [2.75, 3.05) is 11.9 Å². The number of benzene rings is 2. The van der Waals surface area contributed by atoms with Gasteiger partial charge >= 0.3 is 5.97 Å². The number of ether oxygens (including phenoxy) is 1. The Kier molecular flexibility index (Phi) is 5.06. The predicted molar refractivity (Wildman–Crippen MR) is 76.7 cm³/mol. The average molecular weight is 326 g/mol. The normalized spacial score (nSPS) is 10.1. The summed E-state index contributed by atoms with van der Waals surface area (Å²) >= 11 is 5.58. The van der Waals surface area contributed by atoms with Gasteiger partial charge in [-0.25, -0.2) is 13.6 Å². The molecule has 114 valence electrons. The van der Waals surface area contributed by atoms with Crippen molar-refractivity contribution in [1.29, 1.82) is 0 Å². The van der Waals surface area contributed by atoms with Crippen LogP contribution in [0.4, 0.5) is 14.5 Å². The third-order valence-electron chi connectivity index (χ3n) is 2.63. The van der Waals surface area contributed by atoms with Crippen LogP contribution < -0.4 is 5.32 Å². The Balaban J connectivity index is 1.93. The second kappa shape index (κ2) is 7.00. The molecule has 0 bridgehead atoms. The number of rotatable bonds is 4. The zero-order valence-electron chi connectivity index (χ0n) is 11.1. The quantitative estimate of drug-likeness (QED) is 0.876. The smallest absolute Gasteiger partial charge is 0.341 e. The van der Waals surface area contributed by atoms with Crippen LogP contribution in [0.2, 0.25) is 5.02 Å². The number of hydrogen-bond donors (Lipinski definition) is 1. The number of esters is 1. The molecule has 0 radical (unpaired) electrons. The van der Waals surface area contributed by atoms with Crippen molar-refractivity contribution in [2.24, 2.45) is 0 Å². The number of carbonyl (C=O) groups is 2. The zero-order chi connectivity index (χ0) is 16.1. The van der Waals surface area contributed by atoms with Gasteiger partial charge in [-0.1, -0.05) is 23.7 Å². The van der Waals surface area contributed by atoms with E-state index in [1.807, 2.05) is 0 Å². The lowest BCUT2D eigenvalue weighted by Gasteiger charge is -2.08. The van der Waals surface area contributed by atoms with Crippen LogP contribution in [0.5, 0.6) is 0 Å². The fourth-order valence-electron chi connectivity index (χ4n) is 1.61. The maximum atomic E-state index is 13.5. The lowest BCUT2D eigenvalue weighted by atomic mass is 10.2. The lowest BCUT2D eigenvalue weighted by molar-refractivity contribution is -0.119. The summed E-state index contributed by atoms with van der Waals surface area (Å²) < 4.78 is 31.5. The summed E-state index contributed by atoms with van der Waals surface area (Å²) in [6.45, 7) is -0.671.